The quantitative estimate of drug-likeness (QED) is 0.581. The number of carboxylic acid groups (broad SMARTS) is 1. The van der Waals surface area contributed by atoms with E-state index in [4.69, 9.17) is 10.8 Å². The SMILES string of the molecule is CC(C(=O)O)S(=O)(=O)Nc1cnn(CC(N)=O)c1. The fraction of sp³-hybridized carbons (Fsp3) is 0.375. The van der Waals surface area contributed by atoms with Gasteiger partial charge in [0.2, 0.25) is 15.9 Å². The van der Waals surface area contributed by atoms with Crippen LogP contribution in [0.4, 0.5) is 5.69 Å². The van der Waals surface area contributed by atoms with Gasteiger partial charge < -0.3 is 10.8 Å². The number of hydrogen-bond acceptors (Lipinski definition) is 5. The van der Waals surface area contributed by atoms with Gasteiger partial charge in [-0.3, -0.25) is 19.0 Å². The average Bonchev–Trinajstić information content (AvgIpc) is 2.62. The molecule has 100 valence electrons. The van der Waals surface area contributed by atoms with Crippen molar-refractivity contribution < 1.29 is 23.1 Å². The van der Waals surface area contributed by atoms with Gasteiger partial charge in [0.1, 0.15) is 6.54 Å². The van der Waals surface area contributed by atoms with E-state index in [1.54, 1.807) is 0 Å². The summed E-state index contributed by atoms with van der Waals surface area (Å²) in [6, 6.07) is 0. The van der Waals surface area contributed by atoms with Crippen molar-refractivity contribution in [3.8, 4) is 0 Å². The van der Waals surface area contributed by atoms with Crippen LogP contribution in [-0.4, -0.2) is 40.4 Å². The second kappa shape index (κ2) is 5.04. The summed E-state index contributed by atoms with van der Waals surface area (Å²) < 4.78 is 26.3. The Kier molecular flexibility index (Phi) is 3.91. The van der Waals surface area contributed by atoms with Gasteiger partial charge in [-0.2, -0.15) is 5.10 Å². The number of aliphatic carboxylic acids is 1. The maximum absolute atomic E-state index is 11.6. The highest BCUT2D eigenvalue weighted by Crippen LogP contribution is 2.11. The van der Waals surface area contributed by atoms with Gasteiger partial charge in [-0.25, -0.2) is 8.42 Å². The molecule has 1 atom stereocenters. The smallest absolute Gasteiger partial charge is 0.323 e. The van der Waals surface area contributed by atoms with E-state index >= 15 is 0 Å². The zero-order valence-corrected chi connectivity index (χ0v) is 10.2. The minimum atomic E-state index is -4.05. The normalized spacial score (nSPS) is 12.9. The number of nitrogens with two attached hydrogens (primary N) is 1. The highest BCUT2D eigenvalue weighted by Gasteiger charge is 2.27. The Balaban J connectivity index is 2.82. The third kappa shape index (κ3) is 3.45. The van der Waals surface area contributed by atoms with Crippen molar-refractivity contribution in [2.45, 2.75) is 18.7 Å². The van der Waals surface area contributed by atoms with Crippen LogP contribution < -0.4 is 10.5 Å². The molecule has 0 fully saturated rings. The number of carbonyl (C=O) groups excluding carboxylic acids is 1. The minimum absolute atomic E-state index is 0.0596. The Morgan fingerprint density at radius 2 is 2.22 bits per heavy atom. The highest BCUT2D eigenvalue weighted by atomic mass is 32.2. The van der Waals surface area contributed by atoms with Crippen LogP contribution in [0, 0.1) is 0 Å². The van der Waals surface area contributed by atoms with Gasteiger partial charge in [-0.05, 0) is 6.92 Å². The molecule has 1 unspecified atom stereocenters. The molecule has 0 aliphatic rings. The molecule has 1 aromatic rings. The molecule has 1 heterocycles. The number of primary amides is 1. The van der Waals surface area contributed by atoms with Crippen molar-refractivity contribution in [1.29, 1.82) is 0 Å². The Bertz CT molecular complexity index is 564. The molecule has 0 bridgehead atoms. The van der Waals surface area contributed by atoms with E-state index < -0.39 is 27.1 Å². The first kappa shape index (κ1) is 14.0. The van der Waals surface area contributed by atoms with E-state index in [-0.39, 0.29) is 12.2 Å². The summed E-state index contributed by atoms with van der Waals surface area (Å²) in [6.07, 6.45) is 2.38. The Morgan fingerprint density at radius 3 is 2.72 bits per heavy atom. The molecule has 4 N–H and O–H groups in total. The molecule has 10 heteroatoms. The molecule has 0 aromatic carbocycles. The second-order valence-electron chi connectivity index (χ2n) is 3.52. The second-order valence-corrected chi connectivity index (χ2v) is 5.52. The molecule has 0 saturated heterocycles. The van der Waals surface area contributed by atoms with Crippen LogP contribution in [0.1, 0.15) is 6.92 Å². The largest absolute Gasteiger partial charge is 0.480 e. The molecule has 0 spiro atoms. The van der Waals surface area contributed by atoms with Gasteiger partial charge in [-0.15, -0.1) is 0 Å². The number of sulfonamides is 1. The van der Waals surface area contributed by atoms with E-state index in [0.29, 0.717) is 0 Å². The molecule has 1 amide bonds. The van der Waals surface area contributed by atoms with Crippen LogP contribution in [0.5, 0.6) is 0 Å². The van der Waals surface area contributed by atoms with Crippen LogP contribution in [-0.2, 0) is 26.2 Å². The van der Waals surface area contributed by atoms with Crippen molar-refractivity contribution in [1.82, 2.24) is 9.78 Å². The topological polar surface area (TPSA) is 144 Å². The first-order valence-corrected chi connectivity index (χ1v) is 6.32. The maximum atomic E-state index is 11.6. The summed E-state index contributed by atoms with van der Waals surface area (Å²) in [4.78, 5) is 21.2. The number of anilines is 1. The number of hydrogen-bond donors (Lipinski definition) is 3. The first-order valence-electron chi connectivity index (χ1n) is 4.77. The predicted octanol–water partition coefficient (Wildman–Crippen LogP) is -1.42. The Labute approximate surface area is 103 Å². The van der Waals surface area contributed by atoms with Gasteiger partial charge in [0.15, 0.2) is 5.25 Å². The maximum Gasteiger partial charge on any atom is 0.323 e. The van der Waals surface area contributed by atoms with E-state index in [0.717, 1.165) is 17.8 Å². The number of nitrogens with one attached hydrogen (secondary N) is 1. The Morgan fingerprint density at radius 1 is 1.61 bits per heavy atom. The van der Waals surface area contributed by atoms with E-state index in [1.165, 1.54) is 6.20 Å². The van der Waals surface area contributed by atoms with E-state index in [1.807, 2.05) is 4.72 Å². The molecule has 9 nitrogen and oxygen atoms in total. The fourth-order valence-electron chi connectivity index (χ4n) is 1.05. The molecule has 0 aliphatic carbocycles. The van der Waals surface area contributed by atoms with Crippen molar-refractivity contribution in [3.05, 3.63) is 12.4 Å². The van der Waals surface area contributed by atoms with Crippen LogP contribution in [0.2, 0.25) is 0 Å². The Hall–Kier alpha value is -2.10. The van der Waals surface area contributed by atoms with Crippen LogP contribution in [0.3, 0.4) is 0 Å². The number of nitrogens with zero attached hydrogens (tertiary/aromatic N) is 2. The number of amides is 1. The van der Waals surface area contributed by atoms with Crippen molar-refractivity contribution in [2.75, 3.05) is 4.72 Å². The van der Waals surface area contributed by atoms with Gasteiger partial charge >= 0.3 is 5.97 Å². The summed E-state index contributed by atoms with van der Waals surface area (Å²) in [6.45, 7) is 0.842. The summed E-state index contributed by atoms with van der Waals surface area (Å²) in [7, 11) is -4.05. The van der Waals surface area contributed by atoms with Gasteiger partial charge in [-0.1, -0.05) is 0 Å². The molecule has 1 rings (SSSR count). The third-order valence-electron chi connectivity index (χ3n) is 2.02. The van der Waals surface area contributed by atoms with Crippen molar-refractivity contribution >= 4 is 27.6 Å². The van der Waals surface area contributed by atoms with E-state index in [2.05, 4.69) is 5.10 Å². The molecule has 0 radical (unpaired) electrons. The molecule has 1 aromatic heterocycles. The molecule has 18 heavy (non-hydrogen) atoms. The lowest BCUT2D eigenvalue weighted by molar-refractivity contribution is -0.136. The van der Waals surface area contributed by atoms with Gasteiger partial charge in [0, 0.05) is 6.20 Å². The molecular weight excluding hydrogens is 264 g/mol. The summed E-state index contributed by atoms with van der Waals surface area (Å²) >= 11 is 0. The lowest BCUT2D eigenvalue weighted by Gasteiger charge is -2.08. The van der Waals surface area contributed by atoms with Crippen LogP contribution in [0.25, 0.3) is 0 Å². The zero-order chi connectivity index (χ0) is 13.9. The summed E-state index contributed by atoms with van der Waals surface area (Å²) in [5.41, 5.74) is 4.99. The summed E-state index contributed by atoms with van der Waals surface area (Å²) in [5.74, 6) is -2.10. The number of rotatable bonds is 6. The van der Waals surface area contributed by atoms with Crippen molar-refractivity contribution in [2.24, 2.45) is 5.73 Å². The monoisotopic (exact) mass is 276 g/mol. The minimum Gasteiger partial charge on any atom is -0.480 e. The molecule has 0 saturated carbocycles. The van der Waals surface area contributed by atoms with Gasteiger partial charge in [0.25, 0.3) is 0 Å². The lowest BCUT2D eigenvalue weighted by atomic mass is 10.5. The zero-order valence-electron chi connectivity index (χ0n) is 9.40. The predicted molar refractivity (Wildman–Crippen MR) is 61.1 cm³/mol. The first-order chi connectivity index (χ1) is 8.22. The number of aromatic nitrogens is 2. The number of carbonyl (C=O) groups is 2. The van der Waals surface area contributed by atoms with Gasteiger partial charge in [0.05, 0.1) is 11.9 Å². The van der Waals surface area contributed by atoms with E-state index in [9.17, 15) is 18.0 Å². The average molecular weight is 276 g/mol. The molecular formula is C8H12N4O5S. The number of carboxylic acids is 1. The highest BCUT2D eigenvalue weighted by molar-refractivity contribution is 7.94. The van der Waals surface area contributed by atoms with Crippen LogP contribution in [0.15, 0.2) is 12.4 Å². The fourth-order valence-corrected chi connectivity index (χ4v) is 1.92. The summed E-state index contributed by atoms with van der Waals surface area (Å²) in [5, 5.41) is 10.7. The third-order valence-corrected chi connectivity index (χ3v) is 3.68. The molecule has 0 aliphatic heterocycles. The standard InChI is InChI=1S/C8H12N4O5S/c1-5(8(14)15)18(16,17)11-6-2-10-12(3-6)4-7(9)13/h2-3,5,11H,4H2,1H3,(H2,9,13)(H,14,15). The van der Waals surface area contributed by atoms with Crippen molar-refractivity contribution in [3.63, 3.8) is 0 Å². The lowest BCUT2D eigenvalue weighted by Crippen LogP contribution is -2.31. The van der Waals surface area contributed by atoms with Crippen LogP contribution >= 0.6 is 0 Å².